The smallest absolute Gasteiger partial charge is 0.347 e. The van der Waals surface area contributed by atoms with Gasteiger partial charge in [-0.2, -0.15) is 0 Å². The van der Waals surface area contributed by atoms with Gasteiger partial charge in [0.25, 0.3) is 0 Å². The lowest BCUT2D eigenvalue weighted by Crippen LogP contribution is -2.38. The predicted octanol–water partition coefficient (Wildman–Crippen LogP) is 0.804. The lowest BCUT2D eigenvalue weighted by Gasteiger charge is -2.09. The van der Waals surface area contributed by atoms with Crippen LogP contribution in [-0.2, 0) is 4.74 Å². The Labute approximate surface area is 104 Å². The van der Waals surface area contributed by atoms with E-state index in [9.17, 15) is 9.59 Å². The van der Waals surface area contributed by atoms with Crippen molar-refractivity contribution in [3.8, 4) is 0 Å². The molecule has 0 saturated carbocycles. The molecule has 17 heavy (non-hydrogen) atoms. The normalized spacial score (nSPS) is 10.4. The maximum Gasteiger partial charge on any atom is 0.347 e. The summed E-state index contributed by atoms with van der Waals surface area (Å²) in [4.78, 5) is 27.3. The Hall–Kier alpha value is -1.70. The zero-order valence-corrected chi connectivity index (χ0v) is 10.8. The number of nitrogens with one attached hydrogen (secondary N) is 2. The summed E-state index contributed by atoms with van der Waals surface area (Å²) in [7, 11) is 4.39. The number of amidine groups is 1. The van der Waals surface area contributed by atoms with Gasteiger partial charge in [-0.05, 0) is 11.9 Å². The van der Waals surface area contributed by atoms with Crippen molar-refractivity contribution in [2.75, 3.05) is 27.0 Å². The number of carbonyl (C=O) groups excluding carboxylic acids is 2. The zero-order chi connectivity index (χ0) is 13.3. The fourth-order valence-corrected chi connectivity index (χ4v) is 0.984. The first-order chi connectivity index (χ1) is 8.01. The van der Waals surface area contributed by atoms with Crippen molar-refractivity contribution < 1.29 is 14.3 Å². The standard InChI is InChI=1S/C9H16N4O3S/c1-5-6-17-12-7(14)10-8(16-4)11-9(15)13(2)3/h5H,1,6H2,2-4H3,(H2,10,11,12,14,15). The van der Waals surface area contributed by atoms with Gasteiger partial charge in [-0.3, -0.25) is 10.0 Å². The van der Waals surface area contributed by atoms with Gasteiger partial charge in [0.05, 0.1) is 7.11 Å². The summed E-state index contributed by atoms with van der Waals surface area (Å²) in [5.74, 6) is 0.573. The molecule has 2 N–H and O–H groups in total. The molecule has 0 heterocycles. The largest absolute Gasteiger partial charge is 0.468 e. The van der Waals surface area contributed by atoms with Crippen LogP contribution in [0, 0.1) is 0 Å². The van der Waals surface area contributed by atoms with Crippen molar-refractivity contribution in [2.24, 2.45) is 4.99 Å². The third-order valence-electron chi connectivity index (χ3n) is 1.36. The lowest BCUT2D eigenvalue weighted by atomic mass is 10.8. The molecule has 0 spiro atoms. The van der Waals surface area contributed by atoms with Crippen LogP contribution in [0.1, 0.15) is 0 Å². The number of nitrogens with zero attached hydrogens (tertiary/aromatic N) is 2. The zero-order valence-electron chi connectivity index (χ0n) is 10.0. The summed E-state index contributed by atoms with van der Waals surface area (Å²) in [6.45, 7) is 3.50. The second-order valence-electron chi connectivity index (χ2n) is 2.95. The molecule has 0 saturated heterocycles. The maximum atomic E-state index is 11.3. The number of methoxy groups -OCH3 is 1. The van der Waals surface area contributed by atoms with Crippen LogP contribution in [0.3, 0.4) is 0 Å². The molecular weight excluding hydrogens is 244 g/mol. The number of rotatable bonds is 3. The first kappa shape index (κ1) is 15.3. The summed E-state index contributed by atoms with van der Waals surface area (Å²) in [6, 6.07) is -1.22. The van der Waals surface area contributed by atoms with E-state index in [0.29, 0.717) is 5.75 Å². The highest BCUT2D eigenvalue weighted by Gasteiger charge is 2.09. The highest BCUT2D eigenvalue weighted by molar-refractivity contribution is 7.98. The van der Waals surface area contributed by atoms with E-state index in [1.165, 1.54) is 12.0 Å². The Morgan fingerprint density at radius 3 is 2.65 bits per heavy atom. The van der Waals surface area contributed by atoms with Gasteiger partial charge in [-0.1, -0.05) is 6.08 Å². The lowest BCUT2D eigenvalue weighted by molar-refractivity contribution is 0.226. The van der Waals surface area contributed by atoms with E-state index in [-0.39, 0.29) is 6.02 Å². The van der Waals surface area contributed by atoms with E-state index in [0.717, 1.165) is 11.9 Å². The van der Waals surface area contributed by atoms with Crippen LogP contribution < -0.4 is 10.0 Å². The van der Waals surface area contributed by atoms with E-state index in [2.05, 4.69) is 21.6 Å². The molecule has 0 radical (unpaired) electrons. The highest BCUT2D eigenvalue weighted by Crippen LogP contribution is 1.92. The summed E-state index contributed by atoms with van der Waals surface area (Å²) in [6.07, 6.45) is 1.64. The second kappa shape index (κ2) is 8.45. The Morgan fingerprint density at radius 1 is 1.53 bits per heavy atom. The summed E-state index contributed by atoms with van der Waals surface area (Å²) in [5.41, 5.74) is 0. The van der Waals surface area contributed by atoms with E-state index in [1.807, 2.05) is 0 Å². The van der Waals surface area contributed by atoms with Gasteiger partial charge in [0, 0.05) is 19.8 Å². The average molecular weight is 260 g/mol. The van der Waals surface area contributed by atoms with Gasteiger partial charge in [0.15, 0.2) is 0 Å². The number of carbonyl (C=O) groups is 2. The highest BCUT2D eigenvalue weighted by atomic mass is 32.2. The number of aliphatic imine (C=N–C) groups is 1. The van der Waals surface area contributed by atoms with Crippen molar-refractivity contribution in [1.29, 1.82) is 0 Å². The van der Waals surface area contributed by atoms with E-state index >= 15 is 0 Å². The van der Waals surface area contributed by atoms with Crippen LogP contribution in [0.25, 0.3) is 0 Å². The van der Waals surface area contributed by atoms with Crippen LogP contribution in [0.2, 0.25) is 0 Å². The molecule has 96 valence electrons. The molecule has 0 atom stereocenters. The number of urea groups is 2. The van der Waals surface area contributed by atoms with Crippen molar-refractivity contribution in [1.82, 2.24) is 14.9 Å². The molecule has 0 aliphatic carbocycles. The van der Waals surface area contributed by atoms with Crippen molar-refractivity contribution in [3.63, 3.8) is 0 Å². The van der Waals surface area contributed by atoms with Crippen LogP contribution in [0.5, 0.6) is 0 Å². The molecule has 8 heteroatoms. The monoisotopic (exact) mass is 260 g/mol. The molecule has 0 aliphatic heterocycles. The molecule has 0 aromatic carbocycles. The van der Waals surface area contributed by atoms with Crippen molar-refractivity contribution in [2.45, 2.75) is 0 Å². The van der Waals surface area contributed by atoms with Gasteiger partial charge in [-0.15, -0.1) is 11.6 Å². The van der Waals surface area contributed by atoms with Crippen LogP contribution >= 0.6 is 11.9 Å². The third-order valence-corrected chi connectivity index (χ3v) is 2.09. The van der Waals surface area contributed by atoms with Gasteiger partial charge < -0.3 is 9.64 Å². The van der Waals surface area contributed by atoms with E-state index < -0.39 is 12.1 Å². The first-order valence-electron chi connectivity index (χ1n) is 4.65. The molecule has 7 nitrogen and oxygen atoms in total. The molecule has 0 unspecified atom stereocenters. The third kappa shape index (κ3) is 7.23. The fraction of sp³-hybridized carbons (Fsp3) is 0.444. The van der Waals surface area contributed by atoms with Crippen LogP contribution in [0.4, 0.5) is 9.59 Å². The molecule has 0 bridgehead atoms. The molecule has 0 aromatic rings. The van der Waals surface area contributed by atoms with Gasteiger partial charge in [-0.25, -0.2) is 9.59 Å². The Bertz CT molecular complexity index is 317. The van der Waals surface area contributed by atoms with Crippen LogP contribution in [-0.4, -0.2) is 49.9 Å². The molecule has 0 aromatic heterocycles. The topological polar surface area (TPSA) is 83.0 Å². The quantitative estimate of drug-likeness (QED) is 0.258. The Kier molecular flexibility index (Phi) is 7.61. The molecule has 0 rings (SSSR count). The minimum atomic E-state index is -0.527. The minimum Gasteiger partial charge on any atom is -0.468 e. The number of ether oxygens (including phenoxy) is 1. The van der Waals surface area contributed by atoms with Gasteiger partial charge in [0.2, 0.25) is 0 Å². The molecule has 4 amide bonds. The fourth-order valence-electron chi connectivity index (χ4n) is 0.600. The molecule has 0 aliphatic rings. The second-order valence-corrected chi connectivity index (χ2v) is 3.78. The Morgan fingerprint density at radius 2 is 2.18 bits per heavy atom. The van der Waals surface area contributed by atoms with E-state index in [1.54, 1.807) is 20.2 Å². The minimum absolute atomic E-state index is 0.166. The van der Waals surface area contributed by atoms with Crippen LogP contribution in [0.15, 0.2) is 17.6 Å². The molecule has 0 fully saturated rings. The molecular formula is C9H16N4O3S. The summed E-state index contributed by atoms with van der Waals surface area (Å²) >= 11 is 1.15. The summed E-state index contributed by atoms with van der Waals surface area (Å²) in [5, 5.41) is 2.29. The number of hydrogen-bond donors (Lipinski definition) is 2. The van der Waals surface area contributed by atoms with Gasteiger partial charge in [0.1, 0.15) is 0 Å². The van der Waals surface area contributed by atoms with Crippen molar-refractivity contribution >= 4 is 30.0 Å². The Balaban J connectivity index is 4.25. The predicted molar refractivity (Wildman–Crippen MR) is 67.8 cm³/mol. The van der Waals surface area contributed by atoms with Crippen molar-refractivity contribution in [3.05, 3.63) is 12.7 Å². The number of amides is 4. The number of hydrogen-bond acceptors (Lipinski definition) is 4. The average Bonchev–Trinajstić information content (AvgIpc) is 2.28. The van der Waals surface area contributed by atoms with Gasteiger partial charge >= 0.3 is 18.1 Å². The SMILES string of the molecule is C=CCSNC(=O)NC(=NC(=O)N(C)C)OC. The van der Waals surface area contributed by atoms with E-state index in [4.69, 9.17) is 4.74 Å². The maximum absolute atomic E-state index is 11.3. The first-order valence-corrected chi connectivity index (χ1v) is 5.63. The summed E-state index contributed by atoms with van der Waals surface area (Å²) < 4.78 is 7.21.